The average molecular weight is 166 g/mol. The van der Waals surface area contributed by atoms with Gasteiger partial charge in [-0.25, -0.2) is 0 Å². The smallest absolute Gasteiger partial charge is 0.175 e. The summed E-state index contributed by atoms with van der Waals surface area (Å²) >= 11 is 1.77. The van der Waals surface area contributed by atoms with Gasteiger partial charge in [-0.3, -0.25) is 4.79 Å². The minimum Gasteiger partial charge on any atom is -0.300 e. The van der Waals surface area contributed by atoms with Crippen molar-refractivity contribution in [3.63, 3.8) is 0 Å². The van der Waals surface area contributed by atoms with Crippen LogP contribution >= 0.6 is 11.2 Å². The molecule has 2 rings (SSSR count). The zero-order chi connectivity index (χ0) is 6.97. The van der Waals surface area contributed by atoms with Crippen LogP contribution in [0.3, 0.4) is 0 Å². The highest BCUT2D eigenvalue weighted by Crippen LogP contribution is 2.28. The second-order valence-corrected chi connectivity index (χ2v) is 5.60. The van der Waals surface area contributed by atoms with Gasteiger partial charge in [-0.1, -0.05) is 18.2 Å². The molecule has 0 saturated carbocycles. The zero-order valence-corrected chi connectivity index (χ0v) is 7.56. The Morgan fingerprint density at radius 2 is 2.10 bits per heavy atom. The van der Waals surface area contributed by atoms with E-state index in [9.17, 15) is 4.79 Å². The molecule has 0 aliphatic carbocycles. The molecule has 1 aromatic rings. The lowest BCUT2D eigenvalue weighted by Crippen LogP contribution is -1.97. The van der Waals surface area contributed by atoms with E-state index < -0.39 is 8.67 Å². The van der Waals surface area contributed by atoms with Gasteiger partial charge in [0.15, 0.2) is 8.67 Å². The van der Waals surface area contributed by atoms with Crippen LogP contribution in [0.4, 0.5) is 0 Å². The van der Waals surface area contributed by atoms with Gasteiger partial charge in [-0.15, -0.1) is 11.2 Å². The Bertz CT molecular complexity index is 285. The molecule has 0 radical (unpaired) electrons. The largest absolute Gasteiger partial charge is 0.300 e. The second kappa shape index (κ2) is 2.25. The van der Waals surface area contributed by atoms with E-state index in [-0.39, 0.29) is 0 Å². The van der Waals surface area contributed by atoms with E-state index in [1.54, 1.807) is 11.2 Å². The van der Waals surface area contributed by atoms with E-state index in [4.69, 9.17) is 0 Å². The molecule has 1 aromatic carbocycles. The predicted molar refractivity (Wildman–Crippen MR) is 45.2 cm³/mol. The lowest BCUT2D eigenvalue weighted by molar-refractivity contribution is 0.107. The summed E-state index contributed by atoms with van der Waals surface area (Å²) in [6.07, 6.45) is 0. The highest BCUT2D eigenvalue weighted by Gasteiger charge is 2.18. The second-order valence-electron chi connectivity index (χ2n) is 2.21. The topological polar surface area (TPSA) is 17.1 Å². The lowest BCUT2D eigenvalue weighted by atomic mass is 10.2. The number of benzene rings is 1. The first kappa shape index (κ1) is 6.19. The molecule has 3 heteroatoms. The van der Waals surface area contributed by atoms with Crippen LogP contribution in [-0.2, 0) is 0 Å². The average Bonchev–Trinajstić information content (AvgIpc) is 2.34. The van der Waals surface area contributed by atoms with Crippen LogP contribution in [0.5, 0.6) is 0 Å². The third kappa shape index (κ3) is 0.821. The van der Waals surface area contributed by atoms with Gasteiger partial charge >= 0.3 is 0 Å². The van der Waals surface area contributed by atoms with Crippen LogP contribution in [0, 0.1) is 0 Å². The van der Waals surface area contributed by atoms with Crippen LogP contribution in [-0.4, -0.2) is 14.1 Å². The summed E-state index contributed by atoms with van der Waals surface area (Å²) in [7, 11) is -0.508. The number of hydrogen-bond acceptors (Lipinski definition) is 2. The van der Waals surface area contributed by atoms with Crippen molar-refractivity contribution in [1.82, 2.24) is 0 Å². The van der Waals surface area contributed by atoms with Gasteiger partial charge in [-0.2, -0.15) is 0 Å². The number of rotatable bonds is 0. The molecule has 0 amide bonds. The predicted octanol–water partition coefficient (Wildman–Crippen LogP) is 1.02. The molecular formula is C7H6OSSi. The molecule has 1 aliphatic heterocycles. The summed E-state index contributed by atoms with van der Waals surface area (Å²) in [4.78, 5) is 12.3. The molecule has 0 spiro atoms. The molecule has 0 aromatic heterocycles. The maximum atomic E-state index is 11.1. The third-order valence-corrected chi connectivity index (χ3v) is 5.15. The van der Waals surface area contributed by atoms with E-state index in [0.29, 0.717) is 5.41 Å². The molecular weight excluding hydrogens is 160 g/mol. The maximum absolute atomic E-state index is 11.1. The molecule has 0 saturated heterocycles. The normalized spacial score (nSPS) is 17.8. The minimum atomic E-state index is -0.508. The fourth-order valence-electron chi connectivity index (χ4n) is 1.04. The highest BCUT2D eigenvalue weighted by molar-refractivity contribution is 8.25. The lowest BCUT2D eigenvalue weighted by Gasteiger charge is -1.91. The standard InChI is InChI=1S/C7H6OSSi/c8-7-5-3-1-2-4-6(5)9-10-7/h1-4H,10H2. The SMILES string of the molecule is O=C1[SiH2]Sc2ccccc21. The molecule has 50 valence electrons. The molecule has 1 aliphatic rings. The van der Waals surface area contributed by atoms with E-state index in [1.807, 2.05) is 24.3 Å². The fraction of sp³-hybridized carbons (Fsp3) is 0. The Morgan fingerprint density at radius 1 is 1.30 bits per heavy atom. The van der Waals surface area contributed by atoms with Gasteiger partial charge in [0.2, 0.25) is 0 Å². The Balaban J connectivity index is 2.61. The van der Waals surface area contributed by atoms with Crippen molar-refractivity contribution >= 4 is 25.3 Å². The maximum Gasteiger partial charge on any atom is 0.175 e. The number of fused-ring (bicyclic) bond motifs is 1. The van der Waals surface area contributed by atoms with E-state index in [1.165, 1.54) is 4.90 Å². The van der Waals surface area contributed by atoms with Crippen molar-refractivity contribution in [2.45, 2.75) is 4.90 Å². The quantitative estimate of drug-likeness (QED) is 0.535. The Hall–Kier alpha value is -0.543. The van der Waals surface area contributed by atoms with Crippen molar-refractivity contribution in [3.05, 3.63) is 29.8 Å². The van der Waals surface area contributed by atoms with Gasteiger partial charge in [-0.05, 0) is 6.07 Å². The van der Waals surface area contributed by atoms with Crippen molar-refractivity contribution in [1.29, 1.82) is 0 Å². The summed E-state index contributed by atoms with van der Waals surface area (Å²) in [5, 5.41) is 0.403. The Labute approximate surface area is 65.3 Å². The van der Waals surface area contributed by atoms with E-state index in [2.05, 4.69) is 0 Å². The Morgan fingerprint density at radius 3 is 2.90 bits per heavy atom. The molecule has 1 nitrogen and oxygen atoms in total. The fourth-order valence-corrected chi connectivity index (χ4v) is 4.52. The van der Waals surface area contributed by atoms with Crippen LogP contribution in [0.25, 0.3) is 0 Å². The van der Waals surface area contributed by atoms with Crippen molar-refractivity contribution < 1.29 is 4.79 Å². The monoisotopic (exact) mass is 166 g/mol. The third-order valence-electron chi connectivity index (χ3n) is 1.55. The minimum absolute atomic E-state index is 0.403. The first-order chi connectivity index (χ1) is 4.88. The summed E-state index contributed by atoms with van der Waals surface area (Å²) in [6, 6.07) is 7.86. The van der Waals surface area contributed by atoms with Gasteiger partial charge in [0.05, 0.1) is 0 Å². The first-order valence-corrected chi connectivity index (χ1v) is 6.55. The molecule has 1 heterocycles. The van der Waals surface area contributed by atoms with Crippen LogP contribution in [0.15, 0.2) is 29.2 Å². The van der Waals surface area contributed by atoms with E-state index in [0.717, 1.165) is 5.56 Å². The van der Waals surface area contributed by atoms with Crippen LogP contribution < -0.4 is 0 Å². The van der Waals surface area contributed by atoms with Crippen LogP contribution in [0.2, 0.25) is 0 Å². The summed E-state index contributed by atoms with van der Waals surface area (Å²) in [5.41, 5.74) is 0.958. The number of carbonyl (C=O) groups excluding carboxylic acids is 1. The summed E-state index contributed by atoms with van der Waals surface area (Å²) < 4.78 is 0. The number of carbonyl (C=O) groups is 1. The van der Waals surface area contributed by atoms with Crippen molar-refractivity contribution in [2.75, 3.05) is 0 Å². The molecule has 0 unspecified atom stereocenters. The van der Waals surface area contributed by atoms with E-state index >= 15 is 0 Å². The summed E-state index contributed by atoms with van der Waals surface area (Å²) in [5.74, 6) is 0. The molecule has 0 fully saturated rings. The van der Waals surface area contributed by atoms with Crippen molar-refractivity contribution in [2.24, 2.45) is 0 Å². The summed E-state index contributed by atoms with van der Waals surface area (Å²) in [6.45, 7) is 0. The molecule has 0 atom stereocenters. The Kier molecular flexibility index (Phi) is 1.39. The molecule has 10 heavy (non-hydrogen) atoms. The van der Waals surface area contributed by atoms with Gasteiger partial charge in [0.1, 0.15) is 5.41 Å². The number of hydrogen-bond donors (Lipinski definition) is 0. The highest BCUT2D eigenvalue weighted by atomic mass is 32.4. The first-order valence-electron chi connectivity index (χ1n) is 3.13. The molecule has 0 N–H and O–H groups in total. The van der Waals surface area contributed by atoms with Crippen LogP contribution in [0.1, 0.15) is 10.4 Å². The van der Waals surface area contributed by atoms with Gasteiger partial charge in [0, 0.05) is 10.5 Å². The van der Waals surface area contributed by atoms with Gasteiger partial charge < -0.3 is 0 Å². The van der Waals surface area contributed by atoms with Crippen molar-refractivity contribution in [3.8, 4) is 0 Å². The zero-order valence-electron chi connectivity index (χ0n) is 5.33. The molecule has 0 bridgehead atoms. The van der Waals surface area contributed by atoms with Gasteiger partial charge in [0.25, 0.3) is 0 Å².